The second-order valence-corrected chi connectivity index (χ2v) is 5.16. The highest BCUT2D eigenvalue weighted by molar-refractivity contribution is 5.79. The van der Waals surface area contributed by atoms with Crippen LogP contribution in [0.2, 0.25) is 0 Å². The van der Waals surface area contributed by atoms with E-state index in [4.69, 9.17) is 0 Å². The number of amides is 1. The predicted octanol–water partition coefficient (Wildman–Crippen LogP) is 0.149. The highest BCUT2D eigenvalue weighted by Crippen LogP contribution is 2.16. The smallest absolute Gasteiger partial charge is 0.224 e. The predicted molar refractivity (Wildman–Crippen MR) is 64.3 cm³/mol. The fraction of sp³-hybridized carbons (Fsp3) is 0.917. The lowest BCUT2D eigenvalue weighted by Crippen LogP contribution is -2.60. The van der Waals surface area contributed by atoms with Gasteiger partial charge in [0, 0.05) is 19.6 Å². The van der Waals surface area contributed by atoms with Gasteiger partial charge in [0.15, 0.2) is 0 Å². The van der Waals surface area contributed by atoms with Crippen LogP contribution in [0.4, 0.5) is 0 Å². The summed E-state index contributed by atoms with van der Waals surface area (Å²) in [6, 6.07) is 0.402. The Hall–Kier alpha value is -0.610. The second kappa shape index (κ2) is 5.15. The van der Waals surface area contributed by atoms with Crippen molar-refractivity contribution in [3.8, 4) is 0 Å². The molecule has 2 rings (SSSR count). The van der Waals surface area contributed by atoms with Crippen molar-refractivity contribution in [2.75, 3.05) is 39.8 Å². The van der Waals surface area contributed by atoms with Gasteiger partial charge in [-0.2, -0.15) is 0 Å². The average molecular weight is 225 g/mol. The minimum atomic E-state index is 0.217. The van der Waals surface area contributed by atoms with Gasteiger partial charge in [-0.25, -0.2) is 0 Å². The summed E-state index contributed by atoms with van der Waals surface area (Å²) in [5.41, 5.74) is 0. The van der Waals surface area contributed by atoms with Crippen molar-refractivity contribution in [1.82, 2.24) is 15.1 Å². The van der Waals surface area contributed by atoms with Gasteiger partial charge in [-0.15, -0.1) is 0 Å². The lowest BCUT2D eigenvalue weighted by Gasteiger charge is -2.40. The molecule has 2 aliphatic rings. The first-order valence-electron chi connectivity index (χ1n) is 6.40. The first kappa shape index (κ1) is 11.9. The Labute approximate surface area is 98.0 Å². The molecule has 0 aromatic heterocycles. The van der Waals surface area contributed by atoms with E-state index in [2.05, 4.69) is 29.1 Å². The Bertz CT molecular complexity index is 251. The van der Waals surface area contributed by atoms with E-state index in [1.54, 1.807) is 0 Å². The zero-order chi connectivity index (χ0) is 11.5. The van der Waals surface area contributed by atoms with E-state index in [-0.39, 0.29) is 11.8 Å². The Kier molecular flexibility index (Phi) is 3.82. The third-order valence-electron chi connectivity index (χ3n) is 3.75. The third-order valence-corrected chi connectivity index (χ3v) is 3.75. The maximum atomic E-state index is 12.0. The maximum absolute atomic E-state index is 12.0. The number of carbonyl (C=O) groups is 1. The molecule has 0 spiro atoms. The van der Waals surface area contributed by atoms with Crippen LogP contribution < -0.4 is 5.32 Å². The van der Waals surface area contributed by atoms with E-state index in [0.29, 0.717) is 6.04 Å². The van der Waals surface area contributed by atoms with Crippen LogP contribution in [0.15, 0.2) is 0 Å². The van der Waals surface area contributed by atoms with Crippen molar-refractivity contribution in [2.45, 2.75) is 25.8 Å². The molecular weight excluding hydrogens is 202 g/mol. The molecule has 92 valence electrons. The van der Waals surface area contributed by atoms with Crippen LogP contribution in [0.3, 0.4) is 0 Å². The van der Waals surface area contributed by atoms with E-state index >= 15 is 0 Å². The second-order valence-electron chi connectivity index (χ2n) is 5.16. The van der Waals surface area contributed by atoms with E-state index in [0.717, 1.165) is 45.6 Å². The number of nitrogens with zero attached hydrogens (tertiary/aromatic N) is 2. The molecule has 0 bridgehead atoms. The van der Waals surface area contributed by atoms with E-state index < -0.39 is 0 Å². The summed E-state index contributed by atoms with van der Waals surface area (Å²) in [7, 11) is 2.10. The number of likely N-dealkylation sites (N-methyl/N-ethyl adjacent to an activating group) is 1. The minimum absolute atomic E-state index is 0.217. The van der Waals surface area contributed by atoms with Gasteiger partial charge in [0.1, 0.15) is 0 Å². The van der Waals surface area contributed by atoms with Crippen LogP contribution in [0.25, 0.3) is 0 Å². The fourth-order valence-electron chi connectivity index (χ4n) is 2.62. The van der Waals surface area contributed by atoms with Gasteiger partial charge in [-0.1, -0.05) is 6.92 Å². The molecule has 4 heteroatoms. The zero-order valence-corrected chi connectivity index (χ0v) is 10.4. The summed E-state index contributed by atoms with van der Waals surface area (Å²) >= 11 is 0. The number of hydrogen-bond acceptors (Lipinski definition) is 3. The van der Waals surface area contributed by atoms with Gasteiger partial charge in [-0.05, 0) is 33.0 Å². The number of nitrogens with one attached hydrogen (secondary N) is 1. The third kappa shape index (κ3) is 2.74. The number of hydrogen-bond donors (Lipinski definition) is 1. The monoisotopic (exact) mass is 225 g/mol. The van der Waals surface area contributed by atoms with Crippen LogP contribution in [0.1, 0.15) is 19.8 Å². The first-order chi connectivity index (χ1) is 7.69. The Morgan fingerprint density at radius 2 is 2.12 bits per heavy atom. The molecule has 1 amide bonds. The van der Waals surface area contributed by atoms with E-state index in [1.165, 1.54) is 0 Å². The van der Waals surface area contributed by atoms with Crippen molar-refractivity contribution in [2.24, 2.45) is 5.92 Å². The van der Waals surface area contributed by atoms with Gasteiger partial charge in [0.25, 0.3) is 0 Å². The van der Waals surface area contributed by atoms with Crippen molar-refractivity contribution in [3.63, 3.8) is 0 Å². The Balaban J connectivity index is 1.71. The van der Waals surface area contributed by atoms with Gasteiger partial charge in [0.2, 0.25) is 5.91 Å². The highest BCUT2D eigenvalue weighted by Gasteiger charge is 2.30. The van der Waals surface area contributed by atoms with Crippen LogP contribution in [-0.4, -0.2) is 61.5 Å². The summed E-state index contributed by atoms with van der Waals surface area (Å²) in [5, 5.41) is 3.16. The molecule has 0 aromatic carbocycles. The van der Waals surface area contributed by atoms with Crippen LogP contribution in [0, 0.1) is 5.92 Å². The van der Waals surface area contributed by atoms with Crippen LogP contribution >= 0.6 is 0 Å². The SMILES string of the molecule is CCN1CC(NC(=O)[C@@H]2CCCN(C)C2)C1. The van der Waals surface area contributed by atoms with Crippen LogP contribution in [-0.2, 0) is 4.79 Å². The molecule has 2 heterocycles. The fourth-order valence-corrected chi connectivity index (χ4v) is 2.62. The van der Waals surface area contributed by atoms with Gasteiger partial charge < -0.3 is 10.2 Å². The standard InChI is InChI=1S/C12H23N3O/c1-3-15-8-11(9-15)13-12(16)10-5-4-6-14(2)7-10/h10-11H,3-9H2,1-2H3,(H,13,16)/t10-/m1/s1. The minimum Gasteiger partial charge on any atom is -0.351 e. The molecule has 2 fully saturated rings. The van der Waals surface area contributed by atoms with Crippen molar-refractivity contribution in [3.05, 3.63) is 0 Å². The summed E-state index contributed by atoms with van der Waals surface area (Å²) in [6.45, 7) is 7.38. The molecule has 2 saturated heterocycles. The van der Waals surface area contributed by atoms with Gasteiger partial charge >= 0.3 is 0 Å². The maximum Gasteiger partial charge on any atom is 0.224 e. The highest BCUT2D eigenvalue weighted by atomic mass is 16.2. The topological polar surface area (TPSA) is 35.6 Å². The number of piperidine rings is 1. The van der Waals surface area contributed by atoms with E-state index in [9.17, 15) is 4.79 Å². The van der Waals surface area contributed by atoms with E-state index in [1.807, 2.05) is 0 Å². The molecule has 1 N–H and O–H groups in total. The molecule has 0 aliphatic carbocycles. The molecule has 4 nitrogen and oxygen atoms in total. The largest absolute Gasteiger partial charge is 0.351 e. The lowest BCUT2D eigenvalue weighted by atomic mass is 9.96. The molecule has 0 radical (unpaired) electrons. The first-order valence-corrected chi connectivity index (χ1v) is 6.40. The van der Waals surface area contributed by atoms with Crippen molar-refractivity contribution in [1.29, 1.82) is 0 Å². The Morgan fingerprint density at radius 3 is 2.75 bits per heavy atom. The van der Waals surface area contributed by atoms with Crippen molar-refractivity contribution >= 4 is 5.91 Å². The quantitative estimate of drug-likeness (QED) is 0.742. The van der Waals surface area contributed by atoms with Gasteiger partial charge in [0.05, 0.1) is 12.0 Å². The summed E-state index contributed by atoms with van der Waals surface area (Å²) < 4.78 is 0. The number of carbonyl (C=O) groups excluding carboxylic acids is 1. The average Bonchev–Trinajstić information content (AvgIpc) is 2.22. The number of rotatable bonds is 3. The molecule has 16 heavy (non-hydrogen) atoms. The van der Waals surface area contributed by atoms with Crippen molar-refractivity contribution < 1.29 is 4.79 Å². The summed E-state index contributed by atoms with van der Waals surface area (Å²) in [4.78, 5) is 16.6. The lowest BCUT2D eigenvalue weighted by molar-refractivity contribution is -0.128. The Morgan fingerprint density at radius 1 is 1.38 bits per heavy atom. The molecule has 1 atom stereocenters. The molecule has 0 saturated carbocycles. The van der Waals surface area contributed by atoms with Gasteiger partial charge in [-0.3, -0.25) is 9.69 Å². The molecular formula is C12H23N3O. The zero-order valence-electron chi connectivity index (χ0n) is 10.4. The molecule has 0 aromatic rings. The van der Waals surface area contributed by atoms with Crippen LogP contribution in [0.5, 0.6) is 0 Å². The molecule has 2 aliphatic heterocycles. The summed E-state index contributed by atoms with van der Waals surface area (Å²) in [6.07, 6.45) is 2.21. The normalized spacial score (nSPS) is 28.8. The summed E-state index contributed by atoms with van der Waals surface area (Å²) in [5.74, 6) is 0.488. The number of likely N-dealkylation sites (tertiary alicyclic amines) is 2. The molecule has 0 unspecified atom stereocenters.